The highest BCUT2D eigenvalue weighted by Gasteiger charge is 2.31. The number of hydrogen-bond donors (Lipinski definition) is 0. The average molecular weight is 412 g/mol. The van der Waals surface area contributed by atoms with Crippen molar-refractivity contribution in [3.05, 3.63) is 52.1 Å². The van der Waals surface area contributed by atoms with Gasteiger partial charge in [-0.05, 0) is 24.3 Å². The number of benzene rings is 1. The fourth-order valence-corrected chi connectivity index (χ4v) is 3.07. The molecule has 0 saturated carbocycles. The van der Waals surface area contributed by atoms with Crippen LogP contribution in [0.2, 0.25) is 0 Å². The number of ether oxygens (including phenoxy) is 1. The Morgan fingerprint density at radius 2 is 2.08 bits per heavy atom. The third-order valence-electron chi connectivity index (χ3n) is 3.92. The monoisotopic (exact) mass is 411 g/mol. The molecular weight excluding hydrogens is 399 g/mol. The minimum atomic E-state index is -4.41. The molecule has 0 radical (unpaired) electrons. The van der Waals surface area contributed by atoms with Crippen LogP contribution in [0.4, 0.5) is 18.9 Å². The van der Waals surface area contributed by atoms with Gasteiger partial charge in [-0.15, -0.1) is 0 Å². The average Bonchev–Trinajstić information content (AvgIpc) is 3.02. The first-order chi connectivity index (χ1) is 11.9. The molecule has 4 nitrogen and oxygen atoms in total. The molecule has 0 aliphatic carbocycles. The van der Waals surface area contributed by atoms with Crippen molar-refractivity contribution in [3.8, 4) is 11.9 Å². The second-order valence-electron chi connectivity index (χ2n) is 5.63. The van der Waals surface area contributed by atoms with E-state index in [1.54, 1.807) is 6.07 Å². The minimum absolute atomic E-state index is 0.163. The van der Waals surface area contributed by atoms with Crippen molar-refractivity contribution in [2.75, 3.05) is 18.0 Å². The third kappa shape index (κ3) is 4.04. The van der Waals surface area contributed by atoms with E-state index in [4.69, 9.17) is 4.74 Å². The first-order valence-corrected chi connectivity index (χ1v) is 8.30. The molecule has 1 unspecified atom stereocenters. The van der Waals surface area contributed by atoms with Crippen molar-refractivity contribution < 1.29 is 17.9 Å². The number of pyridine rings is 1. The molecule has 0 spiro atoms. The highest BCUT2D eigenvalue weighted by atomic mass is 79.9. The zero-order chi connectivity index (χ0) is 18.0. The van der Waals surface area contributed by atoms with Crippen molar-refractivity contribution in [2.24, 2.45) is 0 Å². The molecular formula is C17H13BrF3N3O. The summed E-state index contributed by atoms with van der Waals surface area (Å²) in [6, 6.07) is 9.83. The van der Waals surface area contributed by atoms with Crippen LogP contribution in [0.3, 0.4) is 0 Å². The van der Waals surface area contributed by atoms with E-state index in [1.165, 1.54) is 6.07 Å². The van der Waals surface area contributed by atoms with Gasteiger partial charge in [0.05, 0.1) is 23.4 Å². The van der Waals surface area contributed by atoms with Crippen LogP contribution in [0.5, 0.6) is 5.88 Å². The van der Waals surface area contributed by atoms with Gasteiger partial charge in [-0.2, -0.15) is 18.4 Å². The molecule has 1 aliphatic heterocycles. The Balaban J connectivity index is 1.67. The molecule has 1 aromatic heterocycles. The lowest BCUT2D eigenvalue weighted by Crippen LogP contribution is -2.25. The molecule has 2 heterocycles. The van der Waals surface area contributed by atoms with Crippen LogP contribution in [-0.4, -0.2) is 24.2 Å². The number of nitrogens with zero attached hydrogens (tertiary/aromatic N) is 3. The molecule has 0 bridgehead atoms. The first kappa shape index (κ1) is 17.5. The molecule has 3 rings (SSSR count). The predicted molar refractivity (Wildman–Crippen MR) is 89.3 cm³/mol. The van der Waals surface area contributed by atoms with Gasteiger partial charge in [-0.25, -0.2) is 4.98 Å². The number of alkyl halides is 3. The van der Waals surface area contributed by atoms with Crippen LogP contribution in [0.25, 0.3) is 0 Å². The van der Waals surface area contributed by atoms with Crippen LogP contribution >= 0.6 is 15.9 Å². The van der Waals surface area contributed by atoms with Crippen LogP contribution in [0.15, 0.2) is 41.0 Å². The topological polar surface area (TPSA) is 49.2 Å². The standard InChI is InChI=1S/C17H13BrF3N3O/c18-13-2-3-15(11(7-13)8-22)24-6-5-14(10-24)25-16-4-1-12(9-23-16)17(19,20)21/h1-4,7,9,14H,5-6,10H2. The fraction of sp³-hybridized carbons (Fsp3) is 0.294. The Kier molecular flexibility index (Phi) is 4.86. The van der Waals surface area contributed by atoms with Crippen molar-refractivity contribution in [3.63, 3.8) is 0 Å². The van der Waals surface area contributed by atoms with Crippen molar-refractivity contribution in [1.29, 1.82) is 5.26 Å². The quantitative estimate of drug-likeness (QED) is 0.751. The van der Waals surface area contributed by atoms with Gasteiger partial charge in [0.25, 0.3) is 0 Å². The van der Waals surface area contributed by atoms with Crippen LogP contribution in [0.1, 0.15) is 17.5 Å². The normalized spacial score (nSPS) is 17.4. The van der Waals surface area contributed by atoms with E-state index in [0.717, 1.165) is 22.4 Å². The van der Waals surface area contributed by atoms with Gasteiger partial charge >= 0.3 is 6.18 Å². The molecule has 2 aromatic rings. The van der Waals surface area contributed by atoms with E-state index in [0.29, 0.717) is 25.1 Å². The van der Waals surface area contributed by atoms with E-state index >= 15 is 0 Å². The fourth-order valence-electron chi connectivity index (χ4n) is 2.71. The zero-order valence-corrected chi connectivity index (χ0v) is 14.5. The summed E-state index contributed by atoms with van der Waals surface area (Å²) in [6.07, 6.45) is -3.14. The van der Waals surface area contributed by atoms with Gasteiger partial charge in [-0.3, -0.25) is 0 Å². The van der Waals surface area contributed by atoms with Gasteiger partial charge in [0, 0.05) is 29.7 Å². The van der Waals surface area contributed by atoms with Crippen molar-refractivity contribution in [2.45, 2.75) is 18.7 Å². The molecule has 1 fully saturated rings. The summed E-state index contributed by atoms with van der Waals surface area (Å²) in [5, 5.41) is 9.27. The number of halogens is 4. The SMILES string of the molecule is N#Cc1cc(Br)ccc1N1CCC(Oc2ccc(C(F)(F)F)cn2)C1. The van der Waals surface area contributed by atoms with E-state index in [9.17, 15) is 18.4 Å². The van der Waals surface area contributed by atoms with E-state index in [2.05, 4.69) is 27.0 Å². The minimum Gasteiger partial charge on any atom is -0.472 e. The smallest absolute Gasteiger partial charge is 0.417 e. The Bertz CT molecular complexity index is 802. The Morgan fingerprint density at radius 3 is 2.72 bits per heavy atom. The summed E-state index contributed by atoms with van der Waals surface area (Å²) in [6.45, 7) is 1.24. The second-order valence-corrected chi connectivity index (χ2v) is 6.55. The number of nitriles is 1. The van der Waals surface area contributed by atoms with Gasteiger partial charge in [0.2, 0.25) is 5.88 Å². The summed E-state index contributed by atoms with van der Waals surface area (Å²) in [5.41, 5.74) is 0.571. The van der Waals surface area contributed by atoms with Crippen LogP contribution in [0, 0.1) is 11.3 Å². The summed E-state index contributed by atoms with van der Waals surface area (Å²) in [7, 11) is 0. The first-order valence-electron chi connectivity index (χ1n) is 7.51. The summed E-state index contributed by atoms with van der Waals surface area (Å²) in [5.74, 6) is 0.163. The Labute approximate surface area is 151 Å². The van der Waals surface area contributed by atoms with Crippen molar-refractivity contribution in [1.82, 2.24) is 4.98 Å². The lowest BCUT2D eigenvalue weighted by molar-refractivity contribution is -0.137. The molecule has 1 saturated heterocycles. The molecule has 0 N–H and O–H groups in total. The van der Waals surface area contributed by atoms with Gasteiger partial charge in [0.1, 0.15) is 12.2 Å². The summed E-state index contributed by atoms with van der Waals surface area (Å²) >= 11 is 3.34. The van der Waals surface area contributed by atoms with Crippen LogP contribution in [-0.2, 0) is 6.18 Å². The molecule has 1 aliphatic rings. The van der Waals surface area contributed by atoms with E-state index in [1.807, 2.05) is 17.0 Å². The van der Waals surface area contributed by atoms with Gasteiger partial charge in [0.15, 0.2) is 0 Å². The maximum atomic E-state index is 12.5. The van der Waals surface area contributed by atoms with Crippen molar-refractivity contribution >= 4 is 21.6 Å². The molecule has 0 amide bonds. The predicted octanol–water partition coefficient (Wildman–Crippen LogP) is 4.39. The van der Waals surface area contributed by atoms with Gasteiger partial charge < -0.3 is 9.64 Å². The molecule has 130 valence electrons. The maximum Gasteiger partial charge on any atom is 0.417 e. The lowest BCUT2D eigenvalue weighted by Gasteiger charge is -2.20. The second kappa shape index (κ2) is 6.92. The highest BCUT2D eigenvalue weighted by Crippen LogP contribution is 2.31. The van der Waals surface area contributed by atoms with E-state index < -0.39 is 11.7 Å². The van der Waals surface area contributed by atoms with Crippen LogP contribution < -0.4 is 9.64 Å². The molecule has 1 aromatic carbocycles. The highest BCUT2D eigenvalue weighted by molar-refractivity contribution is 9.10. The largest absolute Gasteiger partial charge is 0.472 e. The number of hydrogen-bond acceptors (Lipinski definition) is 4. The Morgan fingerprint density at radius 1 is 1.28 bits per heavy atom. The number of anilines is 1. The maximum absolute atomic E-state index is 12.5. The third-order valence-corrected chi connectivity index (χ3v) is 4.41. The molecule has 8 heteroatoms. The number of rotatable bonds is 3. The zero-order valence-electron chi connectivity index (χ0n) is 12.9. The summed E-state index contributed by atoms with van der Waals surface area (Å²) in [4.78, 5) is 5.76. The molecule has 25 heavy (non-hydrogen) atoms. The lowest BCUT2D eigenvalue weighted by atomic mass is 10.2. The van der Waals surface area contributed by atoms with E-state index in [-0.39, 0.29) is 12.0 Å². The molecule has 1 atom stereocenters. The number of aromatic nitrogens is 1. The Hall–Kier alpha value is -2.27. The summed E-state index contributed by atoms with van der Waals surface area (Å²) < 4.78 is 44.1. The van der Waals surface area contributed by atoms with Gasteiger partial charge in [-0.1, -0.05) is 15.9 Å².